The standard InChI is InChI=1S/C7H15NO3/c1-7(2)10-4-3-6(11-7)5-8-9/h6,8-9H,3-5H2,1-2H3. The lowest BCUT2D eigenvalue weighted by atomic mass is 10.2. The summed E-state index contributed by atoms with van der Waals surface area (Å²) in [5.41, 5.74) is 2.09. The molecule has 1 fully saturated rings. The Bertz CT molecular complexity index is 125. The molecule has 11 heavy (non-hydrogen) atoms. The van der Waals surface area contributed by atoms with E-state index in [2.05, 4.69) is 5.48 Å². The Morgan fingerprint density at radius 1 is 1.64 bits per heavy atom. The maximum absolute atomic E-state index is 8.42. The predicted octanol–water partition coefficient (Wildman–Crippen LogP) is 0.507. The molecule has 0 spiro atoms. The number of hydroxylamine groups is 1. The zero-order valence-electron chi connectivity index (χ0n) is 6.96. The topological polar surface area (TPSA) is 50.7 Å². The minimum atomic E-state index is -0.500. The van der Waals surface area contributed by atoms with Crippen molar-refractivity contribution in [2.75, 3.05) is 13.2 Å². The molecule has 0 aromatic heterocycles. The Balaban J connectivity index is 2.34. The summed E-state index contributed by atoms with van der Waals surface area (Å²) < 4.78 is 10.8. The van der Waals surface area contributed by atoms with E-state index in [-0.39, 0.29) is 6.10 Å². The van der Waals surface area contributed by atoms with Crippen LogP contribution in [0, 0.1) is 0 Å². The van der Waals surface area contributed by atoms with Gasteiger partial charge in [0.1, 0.15) is 0 Å². The van der Waals surface area contributed by atoms with Crippen molar-refractivity contribution >= 4 is 0 Å². The normalized spacial score (nSPS) is 30.3. The Morgan fingerprint density at radius 2 is 2.36 bits per heavy atom. The molecule has 0 saturated carbocycles. The van der Waals surface area contributed by atoms with Crippen LogP contribution in [0.15, 0.2) is 0 Å². The zero-order chi connectivity index (χ0) is 8.32. The first-order valence-electron chi connectivity index (χ1n) is 3.83. The average molecular weight is 161 g/mol. The minimum Gasteiger partial charge on any atom is -0.350 e. The van der Waals surface area contributed by atoms with Crippen LogP contribution in [-0.4, -0.2) is 30.2 Å². The largest absolute Gasteiger partial charge is 0.350 e. The first-order valence-corrected chi connectivity index (χ1v) is 3.83. The molecular formula is C7H15NO3. The molecule has 0 amide bonds. The fourth-order valence-corrected chi connectivity index (χ4v) is 1.18. The van der Waals surface area contributed by atoms with Gasteiger partial charge in [-0.2, -0.15) is 0 Å². The van der Waals surface area contributed by atoms with E-state index in [1.54, 1.807) is 0 Å². The van der Waals surface area contributed by atoms with Crippen LogP contribution >= 0.6 is 0 Å². The highest BCUT2D eigenvalue weighted by molar-refractivity contribution is 4.69. The van der Waals surface area contributed by atoms with Gasteiger partial charge in [-0.1, -0.05) is 0 Å². The third-order valence-corrected chi connectivity index (χ3v) is 1.66. The number of ether oxygens (including phenoxy) is 2. The predicted molar refractivity (Wildman–Crippen MR) is 39.3 cm³/mol. The van der Waals surface area contributed by atoms with Crippen LogP contribution in [0.5, 0.6) is 0 Å². The smallest absolute Gasteiger partial charge is 0.163 e. The maximum Gasteiger partial charge on any atom is 0.163 e. The van der Waals surface area contributed by atoms with Gasteiger partial charge < -0.3 is 14.7 Å². The molecule has 0 aromatic carbocycles. The summed E-state index contributed by atoms with van der Waals surface area (Å²) >= 11 is 0. The molecule has 0 bridgehead atoms. The summed E-state index contributed by atoms with van der Waals surface area (Å²) in [6, 6.07) is 0. The summed E-state index contributed by atoms with van der Waals surface area (Å²) in [5, 5.41) is 8.42. The Morgan fingerprint density at radius 3 is 2.91 bits per heavy atom. The maximum atomic E-state index is 8.42. The third kappa shape index (κ3) is 2.75. The summed E-state index contributed by atoms with van der Waals surface area (Å²) in [6.07, 6.45) is 0.889. The van der Waals surface area contributed by atoms with Gasteiger partial charge in [-0.15, -0.1) is 0 Å². The van der Waals surface area contributed by atoms with E-state index in [9.17, 15) is 0 Å². The molecule has 1 aliphatic rings. The second-order valence-corrected chi connectivity index (χ2v) is 3.14. The Labute approximate surface area is 66.4 Å². The average Bonchev–Trinajstić information content (AvgIpc) is 1.85. The van der Waals surface area contributed by atoms with E-state index in [1.165, 1.54) is 0 Å². The van der Waals surface area contributed by atoms with Gasteiger partial charge in [-0.25, -0.2) is 5.48 Å². The molecule has 0 aliphatic carbocycles. The van der Waals surface area contributed by atoms with Crippen LogP contribution in [-0.2, 0) is 9.47 Å². The van der Waals surface area contributed by atoms with Crippen molar-refractivity contribution in [1.29, 1.82) is 0 Å². The SMILES string of the molecule is CC1(C)OCCC(CNO)O1. The second-order valence-electron chi connectivity index (χ2n) is 3.14. The molecule has 1 aliphatic heterocycles. The molecule has 4 heteroatoms. The van der Waals surface area contributed by atoms with Crippen LogP contribution < -0.4 is 5.48 Å². The first kappa shape index (κ1) is 8.93. The molecule has 0 aromatic rings. The zero-order valence-corrected chi connectivity index (χ0v) is 6.96. The van der Waals surface area contributed by atoms with Gasteiger partial charge in [-0.05, 0) is 20.3 Å². The van der Waals surface area contributed by atoms with Gasteiger partial charge in [0.25, 0.3) is 0 Å². The van der Waals surface area contributed by atoms with Gasteiger partial charge >= 0.3 is 0 Å². The summed E-state index contributed by atoms with van der Waals surface area (Å²) in [5.74, 6) is -0.500. The lowest BCUT2D eigenvalue weighted by Crippen LogP contribution is -2.43. The van der Waals surface area contributed by atoms with Crippen molar-refractivity contribution in [3.05, 3.63) is 0 Å². The number of nitrogens with one attached hydrogen (secondary N) is 1. The highest BCUT2D eigenvalue weighted by atomic mass is 16.7. The molecule has 1 heterocycles. The monoisotopic (exact) mass is 161 g/mol. The molecule has 1 saturated heterocycles. The van der Waals surface area contributed by atoms with Crippen molar-refractivity contribution in [3.8, 4) is 0 Å². The van der Waals surface area contributed by atoms with Gasteiger partial charge in [-0.3, -0.25) is 0 Å². The van der Waals surface area contributed by atoms with Gasteiger partial charge in [0, 0.05) is 6.54 Å². The molecule has 4 nitrogen and oxygen atoms in total. The van der Waals surface area contributed by atoms with E-state index in [0.29, 0.717) is 13.2 Å². The number of hydrogen-bond donors (Lipinski definition) is 2. The fraction of sp³-hybridized carbons (Fsp3) is 1.00. The van der Waals surface area contributed by atoms with Gasteiger partial charge in [0.15, 0.2) is 5.79 Å². The quantitative estimate of drug-likeness (QED) is 0.579. The highest BCUT2D eigenvalue weighted by Gasteiger charge is 2.28. The van der Waals surface area contributed by atoms with Crippen molar-refractivity contribution in [2.45, 2.75) is 32.2 Å². The molecule has 2 N–H and O–H groups in total. The van der Waals surface area contributed by atoms with Crippen molar-refractivity contribution in [3.63, 3.8) is 0 Å². The lowest BCUT2D eigenvalue weighted by molar-refractivity contribution is -0.273. The Kier molecular flexibility index (Phi) is 2.84. The first-order chi connectivity index (χ1) is 5.14. The van der Waals surface area contributed by atoms with Crippen LogP contribution in [0.2, 0.25) is 0 Å². The van der Waals surface area contributed by atoms with E-state index in [4.69, 9.17) is 14.7 Å². The van der Waals surface area contributed by atoms with Crippen molar-refractivity contribution in [1.82, 2.24) is 5.48 Å². The lowest BCUT2D eigenvalue weighted by Gasteiger charge is -2.35. The van der Waals surface area contributed by atoms with Crippen LogP contribution in [0.4, 0.5) is 0 Å². The minimum absolute atomic E-state index is 0.0590. The van der Waals surface area contributed by atoms with Crippen LogP contribution in [0.3, 0.4) is 0 Å². The molecule has 1 unspecified atom stereocenters. The molecule has 66 valence electrons. The third-order valence-electron chi connectivity index (χ3n) is 1.66. The number of rotatable bonds is 2. The van der Waals surface area contributed by atoms with E-state index in [1.807, 2.05) is 13.8 Å². The van der Waals surface area contributed by atoms with Gasteiger partial charge in [0.2, 0.25) is 0 Å². The summed E-state index contributed by atoms with van der Waals surface area (Å²) in [6.45, 7) is 4.90. The second kappa shape index (κ2) is 3.49. The molecule has 1 rings (SSSR count). The van der Waals surface area contributed by atoms with Crippen molar-refractivity contribution in [2.24, 2.45) is 0 Å². The molecular weight excluding hydrogens is 146 g/mol. The van der Waals surface area contributed by atoms with Crippen LogP contribution in [0.25, 0.3) is 0 Å². The van der Waals surface area contributed by atoms with E-state index >= 15 is 0 Å². The summed E-state index contributed by atoms with van der Waals surface area (Å²) in [7, 11) is 0. The summed E-state index contributed by atoms with van der Waals surface area (Å²) in [4.78, 5) is 0. The Hall–Kier alpha value is -0.160. The number of hydrogen-bond acceptors (Lipinski definition) is 4. The fourth-order valence-electron chi connectivity index (χ4n) is 1.18. The highest BCUT2D eigenvalue weighted by Crippen LogP contribution is 2.21. The van der Waals surface area contributed by atoms with Gasteiger partial charge in [0.05, 0.1) is 12.7 Å². The van der Waals surface area contributed by atoms with Crippen molar-refractivity contribution < 1.29 is 14.7 Å². The molecule has 0 radical (unpaired) electrons. The van der Waals surface area contributed by atoms with E-state index in [0.717, 1.165) is 6.42 Å². The molecule has 1 atom stereocenters. The van der Waals surface area contributed by atoms with E-state index < -0.39 is 5.79 Å². The van der Waals surface area contributed by atoms with Crippen LogP contribution in [0.1, 0.15) is 20.3 Å².